The summed E-state index contributed by atoms with van der Waals surface area (Å²) in [6, 6.07) is 0. The summed E-state index contributed by atoms with van der Waals surface area (Å²) in [6.07, 6.45) is 0.295. The van der Waals surface area contributed by atoms with Gasteiger partial charge < -0.3 is 15.0 Å². The lowest BCUT2D eigenvalue weighted by molar-refractivity contribution is 0.00374. The summed E-state index contributed by atoms with van der Waals surface area (Å²) in [5.74, 6) is 0.529. The molecule has 19 heavy (non-hydrogen) atoms. The van der Waals surface area contributed by atoms with E-state index < -0.39 is 11.3 Å². The number of halogens is 1. The predicted octanol–water partition coefficient (Wildman–Crippen LogP) is 1.88. The summed E-state index contributed by atoms with van der Waals surface area (Å²) in [7, 11) is 0. The average molecular weight is 293 g/mol. The third-order valence-electron chi connectivity index (χ3n) is 2.94. The van der Waals surface area contributed by atoms with Crippen LogP contribution in [0.25, 0.3) is 0 Å². The molecule has 3 N–H and O–H groups in total. The number of nitrogens with one attached hydrogen (secondary N) is 1. The number of carbonyl (C=O) groups is 1. The van der Waals surface area contributed by atoms with Gasteiger partial charge in [0.25, 0.3) is 0 Å². The first kappa shape index (κ1) is 16.5. The van der Waals surface area contributed by atoms with Crippen molar-refractivity contribution in [1.82, 2.24) is 10.2 Å². The molecule has 0 aliphatic carbocycles. The summed E-state index contributed by atoms with van der Waals surface area (Å²) in [6.45, 7) is 6.53. The van der Waals surface area contributed by atoms with Gasteiger partial charge in [-0.05, 0) is 20.8 Å². The fourth-order valence-electron chi connectivity index (χ4n) is 1.93. The van der Waals surface area contributed by atoms with Crippen molar-refractivity contribution in [3.8, 4) is 0 Å². The molecule has 1 saturated heterocycles. The first-order valence-corrected chi connectivity index (χ1v) is 7.50. The minimum atomic E-state index is -1.26. The molecule has 0 aromatic carbocycles. The van der Waals surface area contributed by atoms with E-state index in [0.717, 1.165) is 11.9 Å². The minimum absolute atomic E-state index is 0.277. The second-order valence-electron chi connectivity index (χ2n) is 5.86. The van der Waals surface area contributed by atoms with Crippen LogP contribution in [0, 0.1) is 0 Å². The Morgan fingerprint density at radius 1 is 1.47 bits per heavy atom. The molecule has 1 rings (SSSR count). The lowest BCUT2D eigenvalue weighted by Crippen LogP contribution is -2.49. The Morgan fingerprint density at radius 3 is 2.53 bits per heavy atom. The van der Waals surface area contributed by atoms with E-state index in [0.29, 0.717) is 31.8 Å². The van der Waals surface area contributed by atoms with Crippen LogP contribution in [0.3, 0.4) is 0 Å². The zero-order valence-electron chi connectivity index (χ0n) is 11.9. The second-order valence-corrected chi connectivity index (χ2v) is 6.48. The van der Waals surface area contributed by atoms with Gasteiger partial charge in [0, 0.05) is 32.5 Å². The van der Waals surface area contributed by atoms with Gasteiger partial charge in [0.05, 0.1) is 5.88 Å². The monoisotopic (exact) mass is 293 g/mol. The molecule has 1 heterocycles. The Bertz CT molecular complexity index is 302. The van der Waals surface area contributed by atoms with Crippen LogP contribution in [-0.4, -0.2) is 47.8 Å². The molecule has 0 unspecified atom stereocenters. The lowest BCUT2D eigenvalue weighted by atomic mass is 9.93. The molecule has 1 amide bonds. The van der Waals surface area contributed by atoms with E-state index in [1.54, 1.807) is 4.90 Å². The number of nitrogens with two attached hydrogens (primary N) is 1. The second kappa shape index (κ2) is 6.76. The standard InChI is InChI=1S/C12H24FN3O2S/c1-11(2,3)18-10(17)16-6-4-12(13,5-7-16)8-15-9-19-14/h15H,4-9,14H2,1-3H3. The predicted molar refractivity (Wildman–Crippen MR) is 75.5 cm³/mol. The summed E-state index contributed by atoms with van der Waals surface area (Å²) in [4.78, 5) is 13.4. The Hall–Kier alpha value is -0.530. The molecule has 1 fully saturated rings. The Morgan fingerprint density at radius 2 is 2.05 bits per heavy atom. The van der Waals surface area contributed by atoms with E-state index in [-0.39, 0.29) is 12.6 Å². The van der Waals surface area contributed by atoms with E-state index in [4.69, 9.17) is 9.88 Å². The molecule has 5 nitrogen and oxygen atoms in total. The highest BCUT2D eigenvalue weighted by molar-refractivity contribution is 7.97. The fourth-order valence-corrected chi connectivity index (χ4v) is 2.15. The Kier molecular flexibility index (Phi) is 5.88. The van der Waals surface area contributed by atoms with E-state index >= 15 is 0 Å². The van der Waals surface area contributed by atoms with Crippen molar-refractivity contribution in [2.24, 2.45) is 5.14 Å². The molecule has 0 aromatic rings. The summed E-state index contributed by atoms with van der Waals surface area (Å²) < 4.78 is 19.7. The van der Waals surface area contributed by atoms with Crippen molar-refractivity contribution in [2.75, 3.05) is 25.5 Å². The number of carbonyl (C=O) groups excluding carboxylic acids is 1. The summed E-state index contributed by atoms with van der Waals surface area (Å²) >= 11 is 1.14. The third-order valence-corrected chi connectivity index (χ3v) is 3.31. The van der Waals surface area contributed by atoms with Gasteiger partial charge in [-0.15, -0.1) is 0 Å². The fraction of sp³-hybridized carbons (Fsp3) is 0.917. The normalized spacial score (nSPS) is 19.3. The number of hydrogen-bond acceptors (Lipinski definition) is 5. The maximum absolute atomic E-state index is 14.4. The number of nitrogens with zero attached hydrogens (tertiary/aromatic N) is 1. The molecule has 0 saturated carbocycles. The highest BCUT2D eigenvalue weighted by Crippen LogP contribution is 2.26. The molecule has 0 radical (unpaired) electrons. The molecule has 7 heteroatoms. The molecule has 0 bridgehead atoms. The average Bonchev–Trinajstić information content (AvgIpc) is 2.27. The highest BCUT2D eigenvalue weighted by atomic mass is 32.2. The minimum Gasteiger partial charge on any atom is -0.444 e. The largest absolute Gasteiger partial charge is 0.444 e. The van der Waals surface area contributed by atoms with Gasteiger partial charge in [-0.25, -0.2) is 9.18 Å². The molecule has 0 aromatic heterocycles. The van der Waals surface area contributed by atoms with Crippen molar-refractivity contribution in [3.05, 3.63) is 0 Å². The van der Waals surface area contributed by atoms with Gasteiger partial charge in [-0.3, -0.25) is 5.14 Å². The molecular weight excluding hydrogens is 269 g/mol. The third kappa shape index (κ3) is 5.97. The first-order chi connectivity index (χ1) is 8.76. The van der Waals surface area contributed by atoms with Crippen molar-refractivity contribution >= 4 is 18.0 Å². The van der Waals surface area contributed by atoms with Crippen LogP contribution in [0.4, 0.5) is 9.18 Å². The first-order valence-electron chi connectivity index (χ1n) is 6.45. The van der Waals surface area contributed by atoms with Gasteiger partial charge in [0.2, 0.25) is 0 Å². The number of rotatable bonds is 4. The summed E-state index contributed by atoms with van der Waals surface area (Å²) in [5.41, 5.74) is -1.77. The maximum Gasteiger partial charge on any atom is 0.410 e. The van der Waals surface area contributed by atoms with E-state index in [9.17, 15) is 9.18 Å². The van der Waals surface area contributed by atoms with Crippen molar-refractivity contribution in [2.45, 2.75) is 44.9 Å². The Labute approximate surface area is 118 Å². The maximum atomic E-state index is 14.4. The van der Waals surface area contributed by atoms with Crippen LogP contribution in [0.2, 0.25) is 0 Å². The lowest BCUT2D eigenvalue weighted by Gasteiger charge is -2.37. The van der Waals surface area contributed by atoms with Crippen LogP contribution in [0.1, 0.15) is 33.6 Å². The highest BCUT2D eigenvalue weighted by Gasteiger charge is 2.36. The van der Waals surface area contributed by atoms with Crippen LogP contribution >= 0.6 is 11.9 Å². The number of piperidine rings is 1. The molecule has 1 aliphatic rings. The molecule has 112 valence electrons. The van der Waals surface area contributed by atoms with Crippen LogP contribution in [-0.2, 0) is 4.74 Å². The van der Waals surface area contributed by atoms with Crippen LogP contribution in [0.15, 0.2) is 0 Å². The quantitative estimate of drug-likeness (QED) is 0.470. The smallest absolute Gasteiger partial charge is 0.410 e. The van der Waals surface area contributed by atoms with Crippen LogP contribution in [0.5, 0.6) is 0 Å². The number of ether oxygens (including phenoxy) is 1. The van der Waals surface area contributed by atoms with Gasteiger partial charge in [0.1, 0.15) is 11.3 Å². The van der Waals surface area contributed by atoms with E-state index in [2.05, 4.69) is 5.32 Å². The van der Waals surface area contributed by atoms with E-state index in [1.807, 2.05) is 20.8 Å². The van der Waals surface area contributed by atoms with Gasteiger partial charge in [-0.2, -0.15) is 0 Å². The van der Waals surface area contributed by atoms with E-state index in [1.165, 1.54) is 0 Å². The zero-order valence-corrected chi connectivity index (χ0v) is 12.7. The van der Waals surface area contributed by atoms with Crippen molar-refractivity contribution in [1.29, 1.82) is 0 Å². The number of amides is 1. The van der Waals surface area contributed by atoms with Gasteiger partial charge in [-0.1, -0.05) is 11.9 Å². The molecule has 0 atom stereocenters. The number of hydrogen-bond donors (Lipinski definition) is 2. The van der Waals surface area contributed by atoms with Crippen molar-refractivity contribution < 1.29 is 13.9 Å². The topological polar surface area (TPSA) is 67.6 Å². The SMILES string of the molecule is CC(C)(C)OC(=O)N1CCC(F)(CNCSN)CC1. The number of alkyl halides is 1. The van der Waals surface area contributed by atoms with Crippen molar-refractivity contribution in [3.63, 3.8) is 0 Å². The Balaban J connectivity index is 2.37. The van der Waals surface area contributed by atoms with Gasteiger partial charge in [0.15, 0.2) is 0 Å². The molecule has 1 aliphatic heterocycles. The summed E-state index contributed by atoms with van der Waals surface area (Å²) in [5, 5.41) is 8.23. The van der Waals surface area contributed by atoms with Gasteiger partial charge >= 0.3 is 6.09 Å². The molecular formula is C12H24FN3O2S. The number of likely N-dealkylation sites (tertiary alicyclic amines) is 1. The molecule has 0 spiro atoms. The zero-order chi connectivity index (χ0) is 14.5. The van der Waals surface area contributed by atoms with Crippen LogP contribution < -0.4 is 10.5 Å².